The Morgan fingerprint density at radius 1 is 1.20 bits per heavy atom. The van der Waals surface area contributed by atoms with Crippen LogP contribution in [0.15, 0.2) is 42.5 Å². The van der Waals surface area contributed by atoms with Crippen LogP contribution in [0.3, 0.4) is 0 Å². The number of rotatable bonds is 4. The van der Waals surface area contributed by atoms with E-state index in [0.29, 0.717) is 13.1 Å². The molecular formula is C20H22N2O3. The third-order valence-corrected chi connectivity index (χ3v) is 5.08. The van der Waals surface area contributed by atoms with Gasteiger partial charge in [0.05, 0.1) is 17.7 Å². The van der Waals surface area contributed by atoms with Crippen molar-refractivity contribution in [1.82, 2.24) is 5.32 Å². The normalized spacial score (nSPS) is 23.4. The molecule has 2 fully saturated rings. The third-order valence-electron chi connectivity index (χ3n) is 5.08. The number of benzene rings is 2. The monoisotopic (exact) mass is 338 g/mol. The Kier molecular flexibility index (Phi) is 4.40. The predicted molar refractivity (Wildman–Crippen MR) is 96.4 cm³/mol. The number of amides is 2. The van der Waals surface area contributed by atoms with Crippen molar-refractivity contribution in [3.05, 3.63) is 42.5 Å². The molecule has 2 atom stereocenters. The van der Waals surface area contributed by atoms with Gasteiger partial charge in [-0.2, -0.15) is 0 Å². The molecule has 2 aromatic carbocycles. The largest absolute Gasteiger partial charge is 0.376 e. The Hall–Kier alpha value is -2.40. The summed E-state index contributed by atoms with van der Waals surface area (Å²) in [4.78, 5) is 26.7. The van der Waals surface area contributed by atoms with Gasteiger partial charge in [-0.3, -0.25) is 9.59 Å². The lowest BCUT2D eigenvalue weighted by Crippen LogP contribution is -2.37. The van der Waals surface area contributed by atoms with E-state index in [0.717, 1.165) is 35.9 Å². The van der Waals surface area contributed by atoms with E-state index < -0.39 is 0 Å². The Labute approximate surface area is 146 Å². The molecule has 0 unspecified atom stereocenters. The zero-order chi connectivity index (χ0) is 17.2. The van der Waals surface area contributed by atoms with E-state index in [1.807, 2.05) is 42.5 Å². The van der Waals surface area contributed by atoms with Crippen LogP contribution in [0.25, 0.3) is 10.8 Å². The van der Waals surface area contributed by atoms with Crippen molar-refractivity contribution in [2.45, 2.75) is 25.4 Å². The van der Waals surface area contributed by atoms with Crippen LogP contribution < -0.4 is 10.2 Å². The van der Waals surface area contributed by atoms with E-state index in [1.54, 1.807) is 4.90 Å². The molecular weight excluding hydrogens is 316 g/mol. The molecule has 0 spiro atoms. The van der Waals surface area contributed by atoms with Gasteiger partial charge in [-0.05, 0) is 24.3 Å². The molecule has 2 heterocycles. The molecule has 2 aromatic rings. The van der Waals surface area contributed by atoms with Crippen molar-refractivity contribution in [3.63, 3.8) is 0 Å². The minimum Gasteiger partial charge on any atom is -0.376 e. The molecule has 2 saturated heterocycles. The first-order chi connectivity index (χ1) is 12.2. The lowest BCUT2D eigenvalue weighted by Gasteiger charge is -2.19. The fraction of sp³-hybridized carbons (Fsp3) is 0.400. The third kappa shape index (κ3) is 3.24. The number of carbonyl (C=O) groups excluding carboxylic acids is 2. The first-order valence-electron chi connectivity index (χ1n) is 8.90. The maximum atomic E-state index is 12.5. The van der Waals surface area contributed by atoms with Crippen LogP contribution >= 0.6 is 0 Å². The maximum absolute atomic E-state index is 12.5. The summed E-state index contributed by atoms with van der Waals surface area (Å²) in [6.45, 7) is 1.75. The minimum atomic E-state index is -0.298. The zero-order valence-corrected chi connectivity index (χ0v) is 14.1. The van der Waals surface area contributed by atoms with E-state index in [4.69, 9.17) is 4.74 Å². The van der Waals surface area contributed by atoms with Gasteiger partial charge in [-0.25, -0.2) is 0 Å². The smallest absolute Gasteiger partial charge is 0.227 e. The average molecular weight is 338 g/mol. The van der Waals surface area contributed by atoms with Crippen molar-refractivity contribution < 1.29 is 14.3 Å². The van der Waals surface area contributed by atoms with Crippen molar-refractivity contribution in [2.75, 3.05) is 24.6 Å². The Bertz CT molecular complexity index is 793. The second-order valence-corrected chi connectivity index (χ2v) is 6.78. The number of hydrogen-bond acceptors (Lipinski definition) is 3. The van der Waals surface area contributed by atoms with Crippen LogP contribution in [0.5, 0.6) is 0 Å². The van der Waals surface area contributed by atoms with Crippen LogP contribution in [-0.2, 0) is 14.3 Å². The van der Waals surface area contributed by atoms with Crippen molar-refractivity contribution in [3.8, 4) is 0 Å². The van der Waals surface area contributed by atoms with E-state index in [2.05, 4.69) is 5.32 Å². The fourth-order valence-electron chi connectivity index (χ4n) is 3.72. The molecule has 0 aromatic heterocycles. The molecule has 5 heteroatoms. The summed E-state index contributed by atoms with van der Waals surface area (Å²) < 4.78 is 5.53. The van der Waals surface area contributed by atoms with E-state index >= 15 is 0 Å². The van der Waals surface area contributed by atoms with Crippen molar-refractivity contribution in [2.24, 2.45) is 5.92 Å². The van der Waals surface area contributed by atoms with Crippen LogP contribution in [-0.4, -0.2) is 37.6 Å². The molecule has 2 aliphatic rings. The molecule has 0 saturated carbocycles. The lowest BCUT2D eigenvalue weighted by molar-refractivity contribution is -0.126. The molecule has 1 N–H and O–H groups in total. The number of hydrogen-bond donors (Lipinski definition) is 1. The molecule has 0 aliphatic carbocycles. The first kappa shape index (κ1) is 16.1. The summed E-state index contributed by atoms with van der Waals surface area (Å²) >= 11 is 0. The Balaban J connectivity index is 1.47. The zero-order valence-electron chi connectivity index (χ0n) is 14.1. The molecule has 2 aliphatic heterocycles. The standard InChI is InChI=1S/C20H22N2O3/c23-19-11-15(20(24)21-12-16-7-4-10-25-16)13-22(19)18-9-3-6-14-5-1-2-8-17(14)18/h1-3,5-6,8-9,15-16H,4,7,10-13H2,(H,21,24)/t15-,16-/m0/s1. The van der Waals surface area contributed by atoms with E-state index in [1.165, 1.54) is 0 Å². The van der Waals surface area contributed by atoms with Crippen LogP contribution in [0.2, 0.25) is 0 Å². The fourth-order valence-corrected chi connectivity index (χ4v) is 3.72. The van der Waals surface area contributed by atoms with E-state index in [9.17, 15) is 9.59 Å². The Morgan fingerprint density at radius 3 is 2.88 bits per heavy atom. The lowest BCUT2D eigenvalue weighted by atomic mass is 10.1. The highest BCUT2D eigenvalue weighted by Crippen LogP contribution is 2.31. The summed E-state index contributed by atoms with van der Waals surface area (Å²) in [5.41, 5.74) is 0.887. The van der Waals surface area contributed by atoms with Gasteiger partial charge in [0.25, 0.3) is 0 Å². The second-order valence-electron chi connectivity index (χ2n) is 6.78. The molecule has 25 heavy (non-hydrogen) atoms. The van der Waals surface area contributed by atoms with Gasteiger partial charge in [-0.15, -0.1) is 0 Å². The van der Waals surface area contributed by atoms with Crippen LogP contribution in [0.1, 0.15) is 19.3 Å². The van der Waals surface area contributed by atoms with Crippen molar-refractivity contribution >= 4 is 28.3 Å². The van der Waals surface area contributed by atoms with Gasteiger partial charge < -0.3 is 15.0 Å². The highest BCUT2D eigenvalue weighted by molar-refractivity contribution is 6.06. The Morgan fingerprint density at radius 2 is 2.04 bits per heavy atom. The van der Waals surface area contributed by atoms with E-state index in [-0.39, 0.29) is 30.3 Å². The number of fused-ring (bicyclic) bond motifs is 1. The molecule has 0 bridgehead atoms. The first-order valence-corrected chi connectivity index (χ1v) is 8.90. The highest BCUT2D eigenvalue weighted by Gasteiger charge is 2.35. The SMILES string of the molecule is O=C(NC[C@@H]1CCCO1)[C@H]1CC(=O)N(c2cccc3ccccc23)C1. The van der Waals surface area contributed by atoms with Gasteiger partial charge in [0.2, 0.25) is 11.8 Å². The van der Waals surface area contributed by atoms with Gasteiger partial charge in [-0.1, -0.05) is 36.4 Å². The summed E-state index contributed by atoms with van der Waals surface area (Å²) in [5.74, 6) is -0.340. The summed E-state index contributed by atoms with van der Waals surface area (Å²) in [6.07, 6.45) is 2.43. The second kappa shape index (κ2) is 6.84. The molecule has 5 nitrogen and oxygen atoms in total. The highest BCUT2D eigenvalue weighted by atomic mass is 16.5. The molecule has 130 valence electrons. The molecule has 0 radical (unpaired) electrons. The topological polar surface area (TPSA) is 58.6 Å². The van der Waals surface area contributed by atoms with Crippen LogP contribution in [0, 0.1) is 5.92 Å². The van der Waals surface area contributed by atoms with Crippen LogP contribution in [0.4, 0.5) is 5.69 Å². The summed E-state index contributed by atoms with van der Waals surface area (Å²) in [7, 11) is 0. The van der Waals surface area contributed by atoms with Crippen molar-refractivity contribution in [1.29, 1.82) is 0 Å². The molecule has 2 amide bonds. The van der Waals surface area contributed by atoms with Gasteiger partial charge in [0.15, 0.2) is 0 Å². The number of carbonyl (C=O) groups is 2. The quantitative estimate of drug-likeness (QED) is 0.932. The van der Waals surface area contributed by atoms with Gasteiger partial charge in [0, 0.05) is 31.5 Å². The molecule has 4 rings (SSSR count). The summed E-state index contributed by atoms with van der Waals surface area (Å²) in [5, 5.41) is 5.09. The van der Waals surface area contributed by atoms with Gasteiger partial charge >= 0.3 is 0 Å². The van der Waals surface area contributed by atoms with Gasteiger partial charge in [0.1, 0.15) is 0 Å². The maximum Gasteiger partial charge on any atom is 0.227 e. The number of nitrogens with zero attached hydrogens (tertiary/aromatic N) is 1. The number of nitrogens with one attached hydrogen (secondary N) is 1. The number of anilines is 1. The predicted octanol–water partition coefficient (Wildman–Crippen LogP) is 2.49. The minimum absolute atomic E-state index is 0.00798. The average Bonchev–Trinajstić information content (AvgIpc) is 3.29. The summed E-state index contributed by atoms with van der Waals surface area (Å²) in [6, 6.07) is 13.9. The number of ether oxygens (including phenoxy) is 1.